The summed E-state index contributed by atoms with van der Waals surface area (Å²) < 4.78 is 19.2. The van der Waals surface area contributed by atoms with Crippen LogP contribution < -0.4 is 10.2 Å². The molecule has 20 heavy (non-hydrogen) atoms. The molecule has 1 aromatic rings. The molecular formula is C15H22FN2O2+. The number of carbonyl (C=O) groups excluding carboxylic acids is 1. The number of quaternary nitrogens is 1. The molecule has 0 unspecified atom stereocenters. The van der Waals surface area contributed by atoms with E-state index in [1.807, 2.05) is 20.8 Å². The van der Waals surface area contributed by atoms with Crippen LogP contribution in [0.1, 0.15) is 20.8 Å². The fourth-order valence-electron chi connectivity index (χ4n) is 2.66. The number of rotatable bonds is 3. The number of carbonyl (C=O) groups is 1. The zero-order valence-corrected chi connectivity index (χ0v) is 12.2. The summed E-state index contributed by atoms with van der Waals surface area (Å²) in [6.07, 6.45) is 0.273. The minimum atomic E-state index is -0.410. The molecule has 1 amide bonds. The maximum absolute atomic E-state index is 13.5. The van der Waals surface area contributed by atoms with Crippen molar-refractivity contribution in [2.24, 2.45) is 0 Å². The van der Waals surface area contributed by atoms with Crippen molar-refractivity contribution in [3.63, 3.8) is 0 Å². The minimum Gasteiger partial charge on any atom is -0.364 e. The van der Waals surface area contributed by atoms with Gasteiger partial charge in [0.05, 0.1) is 5.69 Å². The first kappa shape index (κ1) is 14.9. The topological polar surface area (TPSA) is 42.8 Å². The van der Waals surface area contributed by atoms with Gasteiger partial charge in [0.2, 0.25) is 0 Å². The highest BCUT2D eigenvalue weighted by Crippen LogP contribution is 2.12. The standard InChI is InChI=1S/C15H21FN2O2/c1-10-8-18(9-11(2)20-10)12(3)15(19)17-14-7-5-4-6-13(14)16/h4-7,10-12H,8-9H2,1-3H3,(H,17,19)/p+1/t10-,11-,12-/m0/s1. The van der Waals surface area contributed by atoms with Crippen LogP contribution in [0.3, 0.4) is 0 Å². The molecule has 1 aliphatic heterocycles. The van der Waals surface area contributed by atoms with Gasteiger partial charge in [-0.2, -0.15) is 0 Å². The lowest BCUT2D eigenvalue weighted by Gasteiger charge is -2.35. The van der Waals surface area contributed by atoms with E-state index in [1.165, 1.54) is 11.0 Å². The lowest BCUT2D eigenvalue weighted by molar-refractivity contribution is -0.928. The molecule has 0 bridgehead atoms. The number of para-hydroxylation sites is 1. The van der Waals surface area contributed by atoms with Crippen molar-refractivity contribution in [2.45, 2.75) is 39.0 Å². The van der Waals surface area contributed by atoms with Crippen molar-refractivity contribution in [1.29, 1.82) is 0 Å². The summed E-state index contributed by atoms with van der Waals surface area (Å²) in [6.45, 7) is 7.47. The van der Waals surface area contributed by atoms with E-state index in [0.29, 0.717) is 0 Å². The molecule has 5 heteroatoms. The van der Waals surface area contributed by atoms with Crippen molar-refractivity contribution in [2.75, 3.05) is 18.4 Å². The molecule has 0 aromatic heterocycles. The maximum atomic E-state index is 13.5. The molecule has 2 rings (SSSR count). The van der Waals surface area contributed by atoms with E-state index in [9.17, 15) is 9.18 Å². The third kappa shape index (κ3) is 3.55. The SMILES string of the molecule is C[C@H]1C[NH+]([C@@H](C)C(=O)Nc2ccccc2F)C[C@H](C)O1. The highest BCUT2D eigenvalue weighted by molar-refractivity contribution is 5.93. The van der Waals surface area contributed by atoms with Crippen LogP contribution in [0.2, 0.25) is 0 Å². The molecule has 1 heterocycles. The highest BCUT2D eigenvalue weighted by atomic mass is 19.1. The predicted molar refractivity (Wildman–Crippen MR) is 75.2 cm³/mol. The number of ether oxygens (including phenoxy) is 1. The first-order valence-corrected chi connectivity index (χ1v) is 7.02. The molecule has 110 valence electrons. The third-order valence-corrected chi connectivity index (χ3v) is 3.70. The largest absolute Gasteiger partial charge is 0.364 e. The van der Waals surface area contributed by atoms with E-state index in [0.717, 1.165) is 13.1 Å². The van der Waals surface area contributed by atoms with Gasteiger partial charge in [0.1, 0.15) is 31.1 Å². The van der Waals surface area contributed by atoms with Gasteiger partial charge in [-0.05, 0) is 32.9 Å². The number of halogens is 1. The van der Waals surface area contributed by atoms with E-state index in [1.54, 1.807) is 18.2 Å². The van der Waals surface area contributed by atoms with Crippen LogP contribution in [0.25, 0.3) is 0 Å². The molecule has 1 saturated heterocycles. The maximum Gasteiger partial charge on any atom is 0.282 e. The molecule has 3 atom stereocenters. The summed E-state index contributed by atoms with van der Waals surface area (Å²) in [6, 6.07) is 5.98. The molecule has 0 saturated carbocycles. The molecule has 1 aliphatic rings. The molecule has 0 spiro atoms. The van der Waals surface area contributed by atoms with E-state index in [-0.39, 0.29) is 29.8 Å². The molecule has 0 radical (unpaired) electrons. The van der Waals surface area contributed by atoms with Crippen LogP contribution in [-0.2, 0) is 9.53 Å². The van der Waals surface area contributed by atoms with Gasteiger partial charge < -0.3 is 15.0 Å². The fourth-order valence-corrected chi connectivity index (χ4v) is 2.66. The Morgan fingerprint density at radius 1 is 1.35 bits per heavy atom. The van der Waals surface area contributed by atoms with Gasteiger partial charge in [0.25, 0.3) is 5.91 Å². The van der Waals surface area contributed by atoms with Crippen LogP contribution >= 0.6 is 0 Å². The zero-order chi connectivity index (χ0) is 14.7. The number of nitrogens with one attached hydrogen (secondary N) is 2. The Morgan fingerprint density at radius 3 is 2.55 bits per heavy atom. The Balaban J connectivity index is 2.00. The number of benzene rings is 1. The van der Waals surface area contributed by atoms with Crippen LogP contribution in [0.4, 0.5) is 10.1 Å². The van der Waals surface area contributed by atoms with Gasteiger partial charge in [-0.1, -0.05) is 12.1 Å². The highest BCUT2D eigenvalue weighted by Gasteiger charge is 2.33. The van der Waals surface area contributed by atoms with Gasteiger partial charge >= 0.3 is 0 Å². The lowest BCUT2D eigenvalue weighted by Crippen LogP contribution is -3.19. The summed E-state index contributed by atoms with van der Waals surface area (Å²) >= 11 is 0. The Bertz CT molecular complexity index is 471. The summed E-state index contributed by atoms with van der Waals surface area (Å²) in [7, 11) is 0. The molecule has 1 aromatic carbocycles. The number of hydrogen-bond donors (Lipinski definition) is 2. The second-order valence-corrected chi connectivity index (χ2v) is 5.51. The average Bonchev–Trinajstić information content (AvgIpc) is 2.39. The average molecular weight is 281 g/mol. The molecule has 1 fully saturated rings. The second kappa shape index (κ2) is 6.33. The van der Waals surface area contributed by atoms with E-state index < -0.39 is 5.82 Å². The first-order chi connectivity index (χ1) is 9.47. The number of morpholine rings is 1. The van der Waals surface area contributed by atoms with Crippen molar-refractivity contribution in [3.05, 3.63) is 30.1 Å². The number of anilines is 1. The van der Waals surface area contributed by atoms with Crippen molar-refractivity contribution in [3.8, 4) is 0 Å². The monoisotopic (exact) mass is 281 g/mol. The molecule has 4 nitrogen and oxygen atoms in total. The van der Waals surface area contributed by atoms with Gasteiger partial charge in [-0.25, -0.2) is 4.39 Å². The van der Waals surface area contributed by atoms with Crippen LogP contribution in [-0.4, -0.2) is 37.2 Å². The molecule has 2 N–H and O–H groups in total. The molecular weight excluding hydrogens is 259 g/mol. The Labute approximate surface area is 118 Å². The Morgan fingerprint density at radius 2 is 1.95 bits per heavy atom. The van der Waals surface area contributed by atoms with Crippen LogP contribution in [0, 0.1) is 5.82 Å². The summed E-state index contributed by atoms with van der Waals surface area (Å²) in [5.74, 6) is -0.571. The summed E-state index contributed by atoms with van der Waals surface area (Å²) in [5, 5.41) is 2.66. The van der Waals surface area contributed by atoms with Gasteiger partial charge in [-0.15, -0.1) is 0 Å². The lowest BCUT2D eigenvalue weighted by atomic mass is 10.1. The smallest absolute Gasteiger partial charge is 0.282 e. The second-order valence-electron chi connectivity index (χ2n) is 5.51. The van der Waals surface area contributed by atoms with Crippen LogP contribution in [0.15, 0.2) is 24.3 Å². The number of hydrogen-bond acceptors (Lipinski definition) is 2. The van der Waals surface area contributed by atoms with Crippen molar-refractivity contribution >= 4 is 11.6 Å². The Kier molecular flexibility index (Phi) is 4.73. The Hall–Kier alpha value is -1.46. The third-order valence-electron chi connectivity index (χ3n) is 3.70. The first-order valence-electron chi connectivity index (χ1n) is 7.02. The van der Waals surface area contributed by atoms with E-state index in [2.05, 4.69) is 5.32 Å². The van der Waals surface area contributed by atoms with E-state index in [4.69, 9.17) is 4.74 Å². The predicted octanol–water partition coefficient (Wildman–Crippen LogP) is 0.845. The summed E-state index contributed by atoms with van der Waals surface area (Å²) in [5.41, 5.74) is 0.234. The minimum absolute atomic E-state index is 0.137. The number of amides is 1. The van der Waals surface area contributed by atoms with Crippen molar-refractivity contribution < 1.29 is 18.8 Å². The van der Waals surface area contributed by atoms with Crippen LogP contribution in [0.5, 0.6) is 0 Å². The quantitative estimate of drug-likeness (QED) is 0.862. The normalized spacial score (nSPS) is 27.9. The summed E-state index contributed by atoms with van der Waals surface area (Å²) in [4.78, 5) is 13.4. The molecule has 0 aliphatic carbocycles. The van der Waals surface area contributed by atoms with Crippen molar-refractivity contribution in [1.82, 2.24) is 0 Å². The van der Waals surface area contributed by atoms with E-state index >= 15 is 0 Å². The zero-order valence-electron chi connectivity index (χ0n) is 12.2. The fraction of sp³-hybridized carbons (Fsp3) is 0.533. The van der Waals surface area contributed by atoms with Gasteiger partial charge in [-0.3, -0.25) is 4.79 Å². The van der Waals surface area contributed by atoms with Gasteiger partial charge in [0.15, 0.2) is 6.04 Å². The van der Waals surface area contributed by atoms with Gasteiger partial charge in [0, 0.05) is 0 Å².